The summed E-state index contributed by atoms with van der Waals surface area (Å²) in [6.45, 7) is 3.40. The molecule has 0 radical (unpaired) electrons. The van der Waals surface area contributed by atoms with E-state index >= 15 is 0 Å². The zero-order valence-electron chi connectivity index (χ0n) is 12.4. The number of aromatic amines is 1. The van der Waals surface area contributed by atoms with Crippen LogP contribution in [-0.2, 0) is 0 Å². The number of fused-ring (bicyclic) bond motifs is 1. The number of anilines is 1. The second-order valence-corrected chi connectivity index (χ2v) is 5.26. The first kappa shape index (κ1) is 14.1. The van der Waals surface area contributed by atoms with Gasteiger partial charge < -0.3 is 10.3 Å². The van der Waals surface area contributed by atoms with Crippen LogP contribution >= 0.6 is 0 Å². The van der Waals surface area contributed by atoms with Gasteiger partial charge in [0.2, 0.25) is 0 Å². The smallest absolute Gasteiger partial charge is 0.258 e. The number of para-hydroxylation sites is 1. The average molecular weight is 292 g/mol. The minimum absolute atomic E-state index is 0.00495. The number of rotatable bonds is 3. The Morgan fingerprint density at radius 3 is 2.36 bits per heavy atom. The number of H-pyrrole nitrogens is 1. The van der Waals surface area contributed by atoms with Crippen molar-refractivity contribution in [2.45, 2.75) is 13.8 Å². The predicted octanol–water partition coefficient (Wildman–Crippen LogP) is 3.93. The van der Waals surface area contributed by atoms with Crippen LogP contribution in [0.2, 0.25) is 0 Å². The van der Waals surface area contributed by atoms with Crippen molar-refractivity contribution in [1.29, 1.82) is 0 Å². The van der Waals surface area contributed by atoms with Gasteiger partial charge in [-0.15, -0.1) is 0 Å². The van der Waals surface area contributed by atoms with Crippen molar-refractivity contribution in [1.82, 2.24) is 4.98 Å². The summed E-state index contributed by atoms with van der Waals surface area (Å²) >= 11 is 0. The number of aromatic nitrogens is 1. The molecule has 0 aliphatic carbocycles. The van der Waals surface area contributed by atoms with Crippen LogP contribution in [0.4, 0.5) is 5.69 Å². The predicted molar refractivity (Wildman–Crippen MR) is 87.4 cm³/mol. The molecule has 2 N–H and O–H groups in total. The van der Waals surface area contributed by atoms with E-state index in [0.717, 1.165) is 16.6 Å². The number of hydrogen-bond donors (Lipinski definition) is 2. The molecule has 110 valence electrons. The van der Waals surface area contributed by atoms with Gasteiger partial charge in [0.15, 0.2) is 5.78 Å². The molecule has 3 rings (SSSR count). The van der Waals surface area contributed by atoms with Crippen LogP contribution in [0.3, 0.4) is 0 Å². The lowest BCUT2D eigenvalue weighted by Gasteiger charge is -2.06. The largest absolute Gasteiger partial charge is 0.358 e. The van der Waals surface area contributed by atoms with Crippen molar-refractivity contribution in [3.8, 4) is 0 Å². The highest BCUT2D eigenvalue weighted by atomic mass is 16.1. The zero-order chi connectivity index (χ0) is 15.7. The van der Waals surface area contributed by atoms with Gasteiger partial charge in [-0.1, -0.05) is 18.2 Å². The molecule has 4 nitrogen and oxygen atoms in total. The minimum Gasteiger partial charge on any atom is -0.358 e. The number of Topliss-reactive ketones (excluding diaryl/α,β-unsaturated/α-hetero) is 1. The van der Waals surface area contributed by atoms with Crippen molar-refractivity contribution in [2.24, 2.45) is 0 Å². The molecule has 0 saturated heterocycles. The van der Waals surface area contributed by atoms with E-state index in [9.17, 15) is 9.59 Å². The highest BCUT2D eigenvalue weighted by Crippen LogP contribution is 2.23. The first-order chi connectivity index (χ1) is 10.6. The van der Waals surface area contributed by atoms with E-state index in [0.29, 0.717) is 16.8 Å². The summed E-state index contributed by atoms with van der Waals surface area (Å²) in [4.78, 5) is 27.0. The molecule has 4 heteroatoms. The van der Waals surface area contributed by atoms with E-state index in [-0.39, 0.29) is 11.7 Å². The fourth-order valence-corrected chi connectivity index (χ4v) is 2.55. The van der Waals surface area contributed by atoms with Crippen LogP contribution in [0.5, 0.6) is 0 Å². The molecule has 0 unspecified atom stereocenters. The van der Waals surface area contributed by atoms with Crippen LogP contribution < -0.4 is 5.32 Å². The van der Waals surface area contributed by atoms with Crippen molar-refractivity contribution in [3.63, 3.8) is 0 Å². The minimum atomic E-state index is -0.162. The maximum atomic E-state index is 12.5. The molecule has 0 fully saturated rings. The number of amides is 1. The molecular formula is C18H16N2O2. The topological polar surface area (TPSA) is 62.0 Å². The Balaban J connectivity index is 1.90. The first-order valence-electron chi connectivity index (χ1n) is 7.06. The van der Waals surface area contributed by atoms with Crippen molar-refractivity contribution in [3.05, 3.63) is 65.4 Å². The Bertz CT molecular complexity index is 860. The van der Waals surface area contributed by atoms with Gasteiger partial charge in [-0.3, -0.25) is 9.59 Å². The Hall–Kier alpha value is -2.88. The third-order valence-electron chi connectivity index (χ3n) is 3.67. The molecule has 1 heterocycles. The SMILES string of the molecule is CC(=O)c1ccc(NC(=O)c2c(C)[nH]c3ccccc23)cc1. The van der Waals surface area contributed by atoms with Crippen LogP contribution in [0.15, 0.2) is 48.5 Å². The quantitative estimate of drug-likeness (QED) is 0.718. The molecule has 2 aromatic carbocycles. The second-order valence-electron chi connectivity index (χ2n) is 5.26. The monoisotopic (exact) mass is 292 g/mol. The summed E-state index contributed by atoms with van der Waals surface area (Å²) in [6.07, 6.45) is 0. The van der Waals surface area contributed by atoms with Gasteiger partial charge in [0.05, 0.1) is 5.56 Å². The van der Waals surface area contributed by atoms with Gasteiger partial charge in [0.1, 0.15) is 0 Å². The average Bonchev–Trinajstić information content (AvgIpc) is 2.83. The summed E-state index contributed by atoms with van der Waals surface area (Å²) in [5.74, 6) is -0.157. The first-order valence-corrected chi connectivity index (χ1v) is 7.06. The Labute approximate surface area is 128 Å². The molecule has 0 saturated carbocycles. The van der Waals surface area contributed by atoms with E-state index in [1.807, 2.05) is 31.2 Å². The molecule has 0 aliphatic rings. The number of benzene rings is 2. The van der Waals surface area contributed by atoms with E-state index in [1.54, 1.807) is 24.3 Å². The maximum absolute atomic E-state index is 12.5. The number of aryl methyl sites for hydroxylation is 1. The van der Waals surface area contributed by atoms with Crippen molar-refractivity contribution < 1.29 is 9.59 Å². The van der Waals surface area contributed by atoms with Crippen LogP contribution in [0.1, 0.15) is 33.3 Å². The van der Waals surface area contributed by atoms with Crippen LogP contribution in [-0.4, -0.2) is 16.7 Å². The highest BCUT2D eigenvalue weighted by molar-refractivity contribution is 6.14. The van der Waals surface area contributed by atoms with Crippen molar-refractivity contribution >= 4 is 28.3 Å². The summed E-state index contributed by atoms with van der Waals surface area (Å²) in [5.41, 5.74) is 3.71. The standard InChI is InChI=1S/C18H16N2O2/c1-11-17(15-5-3-4-6-16(15)19-11)18(22)20-14-9-7-13(8-10-14)12(2)21/h3-10,19H,1-2H3,(H,20,22). The van der Waals surface area contributed by atoms with Gasteiger partial charge in [0, 0.05) is 27.8 Å². The van der Waals surface area contributed by atoms with Gasteiger partial charge in [-0.25, -0.2) is 0 Å². The Kier molecular flexibility index (Phi) is 3.51. The fourth-order valence-electron chi connectivity index (χ4n) is 2.55. The summed E-state index contributed by atoms with van der Waals surface area (Å²) in [5, 5.41) is 3.77. The summed E-state index contributed by atoms with van der Waals surface area (Å²) in [6, 6.07) is 14.6. The normalized spacial score (nSPS) is 10.6. The number of ketones is 1. The Morgan fingerprint density at radius 2 is 1.68 bits per heavy atom. The second kappa shape index (κ2) is 5.48. The molecule has 0 bridgehead atoms. The van der Waals surface area contributed by atoms with E-state index in [4.69, 9.17) is 0 Å². The van der Waals surface area contributed by atoms with Crippen molar-refractivity contribution in [2.75, 3.05) is 5.32 Å². The van der Waals surface area contributed by atoms with E-state index in [2.05, 4.69) is 10.3 Å². The Morgan fingerprint density at radius 1 is 1.00 bits per heavy atom. The molecule has 3 aromatic rings. The highest BCUT2D eigenvalue weighted by Gasteiger charge is 2.15. The number of nitrogens with one attached hydrogen (secondary N) is 2. The zero-order valence-corrected chi connectivity index (χ0v) is 12.4. The summed E-state index contributed by atoms with van der Waals surface area (Å²) in [7, 11) is 0. The molecule has 0 atom stereocenters. The summed E-state index contributed by atoms with van der Waals surface area (Å²) < 4.78 is 0. The molecule has 0 spiro atoms. The molecular weight excluding hydrogens is 276 g/mol. The lowest BCUT2D eigenvalue weighted by molar-refractivity contribution is 0.101. The van der Waals surface area contributed by atoms with Crippen LogP contribution in [0.25, 0.3) is 10.9 Å². The molecule has 1 aromatic heterocycles. The van der Waals surface area contributed by atoms with E-state index in [1.165, 1.54) is 6.92 Å². The third kappa shape index (κ3) is 2.51. The number of carbonyl (C=O) groups is 2. The maximum Gasteiger partial charge on any atom is 0.258 e. The number of carbonyl (C=O) groups excluding carboxylic acids is 2. The third-order valence-corrected chi connectivity index (χ3v) is 3.67. The van der Waals surface area contributed by atoms with Gasteiger partial charge >= 0.3 is 0 Å². The van der Waals surface area contributed by atoms with Crippen LogP contribution in [0, 0.1) is 6.92 Å². The van der Waals surface area contributed by atoms with Gasteiger partial charge in [0.25, 0.3) is 5.91 Å². The van der Waals surface area contributed by atoms with Gasteiger partial charge in [-0.2, -0.15) is 0 Å². The van der Waals surface area contributed by atoms with E-state index < -0.39 is 0 Å². The molecule has 0 aliphatic heterocycles. The lowest BCUT2D eigenvalue weighted by Crippen LogP contribution is -2.12. The molecule has 22 heavy (non-hydrogen) atoms. The lowest BCUT2D eigenvalue weighted by atomic mass is 10.1. The fraction of sp³-hybridized carbons (Fsp3) is 0.111. The van der Waals surface area contributed by atoms with Gasteiger partial charge in [-0.05, 0) is 44.2 Å². The number of hydrogen-bond acceptors (Lipinski definition) is 2. The molecule has 1 amide bonds.